The molecule has 0 saturated heterocycles. The zero-order valence-electron chi connectivity index (χ0n) is 15.6. The summed E-state index contributed by atoms with van der Waals surface area (Å²) in [5.74, 6) is 0.404. The van der Waals surface area contributed by atoms with Crippen LogP contribution in [0.25, 0.3) is 6.08 Å². The number of unbranched alkanes of at least 4 members (excludes halogenated alkanes) is 6. The van der Waals surface area contributed by atoms with E-state index in [1.807, 2.05) is 24.3 Å². The molecule has 0 heterocycles. The molecule has 0 bridgehead atoms. The largest absolute Gasteiger partial charge is 0.508 e. The number of benzene rings is 2. The SMILES string of the molecule is CCCCCCCCCc1ccc(O)c(CC=Cc2ccccc2)c1. The zero-order valence-corrected chi connectivity index (χ0v) is 15.6. The number of aryl methyl sites for hydroxylation is 1. The molecule has 134 valence electrons. The van der Waals surface area contributed by atoms with Gasteiger partial charge in [-0.15, -0.1) is 0 Å². The van der Waals surface area contributed by atoms with Crippen molar-refractivity contribution in [2.24, 2.45) is 0 Å². The second-order valence-corrected chi connectivity index (χ2v) is 6.85. The number of phenols is 1. The Hall–Kier alpha value is -2.02. The van der Waals surface area contributed by atoms with Crippen molar-refractivity contribution in [3.05, 3.63) is 71.3 Å². The second-order valence-electron chi connectivity index (χ2n) is 6.85. The van der Waals surface area contributed by atoms with Gasteiger partial charge in [0.25, 0.3) is 0 Å². The summed E-state index contributed by atoms with van der Waals surface area (Å²) < 4.78 is 0. The van der Waals surface area contributed by atoms with Crippen LogP contribution >= 0.6 is 0 Å². The van der Waals surface area contributed by atoms with Crippen LogP contribution in [0.4, 0.5) is 0 Å². The highest BCUT2D eigenvalue weighted by Gasteiger charge is 2.02. The predicted molar refractivity (Wildman–Crippen MR) is 109 cm³/mol. The van der Waals surface area contributed by atoms with Crippen LogP contribution in [0.15, 0.2) is 54.6 Å². The highest BCUT2D eigenvalue weighted by Crippen LogP contribution is 2.21. The molecule has 0 fully saturated rings. The minimum atomic E-state index is 0.404. The monoisotopic (exact) mass is 336 g/mol. The van der Waals surface area contributed by atoms with Crippen LogP contribution in [0, 0.1) is 0 Å². The molecule has 0 radical (unpaired) electrons. The fourth-order valence-corrected chi connectivity index (χ4v) is 3.13. The summed E-state index contributed by atoms with van der Waals surface area (Å²) in [4.78, 5) is 0. The van der Waals surface area contributed by atoms with Crippen LogP contribution in [0.2, 0.25) is 0 Å². The van der Waals surface area contributed by atoms with Crippen LogP contribution in [-0.2, 0) is 12.8 Å². The summed E-state index contributed by atoms with van der Waals surface area (Å²) in [5, 5.41) is 10.1. The number of aromatic hydroxyl groups is 1. The highest BCUT2D eigenvalue weighted by atomic mass is 16.3. The number of phenolic OH excluding ortho intramolecular Hbond substituents is 1. The Morgan fingerprint density at radius 1 is 0.840 bits per heavy atom. The number of rotatable bonds is 11. The number of allylic oxidation sites excluding steroid dienone is 1. The molecule has 0 aliphatic heterocycles. The Morgan fingerprint density at radius 3 is 2.32 bits per heavy atom. The van der Waals surface area contributed by atoms with Gasteiger partial charge < -0.3 is 5.11 Å². The fraction of sp³-hybridized carbons (Fsp3) is 0.417. The van der Waals surface area contributed by atoms with Crippen molar-refractivity contribution in [1.82, 2.24) is 0 Å². The minimum Gasteiger partial charge on any atom is -0.508 e. The maximum absolute atomic E-state index is 10.1. The molecule has 1 N–H and O–H groups in total. The van der Waals surface area contributed by atoms with Crippen molar-refractivity contribution < 1.29 is 5.11 Å². The third-order valence-electron chi connectivity index (χ3n) is 4.66. The molecule has 0 amide bonds. The summed E-state index contributed by atoms with van der Waals surface area (Å²) in [6.45, 7) is 2.26. The van der Waals surface area contributed by atoms with Gasteiger partial charge in [-0.2, -0.15) is 0 Å². The predicted octanol–water partition coefficient (Wildman–Crippen LogP) is 6.94. The van der Waals surface area contributed by atoms with Gasteiger partial charge in [-0.1, -0.05) is 100 Å². The first kappa shape index (κ1) is 19.3. The van der Waals surface area contributed by atoms with Gasteiger partial charge in [-0.25, -0.2) is 0 Å². The van der Waals surface area contributed by atoms with Gasteiger partial charge in [0.15, 0.2) is 0 Å². The van der Waals surface area contributed by atoms with Crippen LogP contribution in [0.1, 0.15) is 68.6 Å². The first-order valence-corrected chi connectivity index (χ1v) is 9.82. The molecule has 0 aromatic heterocycles. The van der Waals surface area contributed by atoms with E-state index in [2.05, 4.69) is 43.3 Å². The summed E-state index contributed by atoms with van der Waals surface area (Å²) in [5.41, 5.74) is 3.56. The van der Waals surface area contributed by atoms with E-state index in [-0.39, 0.29) is 0 Å². The first-order valence-electron chi connectivity index (χ1n) is 9.82. The molecular weight excluding hydrogens is 304 g/mol. The van der Waals surface area contributed by atoms with E-state index in [1.165, 1.54) is 56.1 Å². The second kappa shape index (κ2) is 11.5. The summed E-state index contributed by atoms with van der Waals surface area (Å²) in [7, 11) is 0. The van der Waals surface area contributed by atoms with Crippen molar-refractivity contribution in [2.75, 3.05) is 0 Å². The van der Waals surface area contributed by atoms with Gasteiger partial charge in [0.2, 0.25) is 0 Å². The van der Waals surface area contributed by atoms with E-state index in [0.717, 1.165) is 18.4 Å². The average molecular weight is 337 g/mol. The smallest absolute Gasteiger partial charge is 0.119 e. The first-order chi connectivity index (χ1) is 12.3. The Kier molecular flexibility index (Phi) is 8.90. The standard InChI is InChI=1S/C24H32O/c1-2-3-4-5-6-7-9-15-22-18-19-24(25)23(20-22)17-12-16-21-13-10-8-11-14-21/h8,10-14,16,18-20,25H,2-7,9,15,17H2,1H3. The molecule has 2 aromatic rings. The van der Waals surface area contributed by atoms with Crippen LogP contribution < -0.4 is 0 Å². The maximum Gasteiger partial charge on any atom is 0.119 e. The Balaban J connectivity index is 1.78. The van der Waals surface area contributed by atoms with Crippen molar-refractivity contribution in [1.29, 1.82) is 0 Å². The molecule has 2 aromatic carbocycles. The fourth-order valence-electron chi connectivity index (χ4n) is 3.13. The third-order valence-corrected chi connectivity index (χ3v) is 4.66. The Morgan fingerprint density at radius 2 is 1.56 bits per heavy atom. The van der Waals surface area contributed by atoms with Gasteiger partial charge in [0.05, 0.1) is 0 Å². The maximum atomic E-state index is 10.1. The summed E-state index contributed by atoms with van der Waals surface area (Å²) >= 11 is 0. The van der Waals surface area contributed by atoms with E-state index < -0.39 is 0 Å². The lowest BCUT2D eigenvalue weighted by atomic mass is 10.0. The molecule has 0 spiro atoms. The minimum absolute atomic E-state index is 0.404. The molecular formula is C24H32O. The Labute approximate surface area is 153 Å². The molecule has 0 atom stereocenters. The molecule has 25 heavy (non-hydrogen) atoms. The molecule has 2 rings (SSSR count). The van der Waals surface area contributed by atoms with E-state index in [0.29, 0.717) is 5.75 Å². The van der Waals surface area contributed by atoms with Gasteiger partial charge in [-0.05, 0) is 42.0 Å². The van der Waals surface area contributed by atoms with Crippen LogP contribution in [0.5, 0.6) is 5.75 Å². The van der Waals surface area contributed by atoms with E-state index in [1.54, 1.807) is 0 Å². The lowest BCUT2D eigenvalue weighted by Crippen LogP contribution is -1.90. The van der Waals surface area contributed by atoms with Gasteiger partial charge in [-0.3, -0.25) is 0 Å². The molecule has 1 nitrogen and oxygen atoms in total. The summed E-state index contributed by atoms with van der Waals surface area (Å²) in [6.07, 6.45) is 15.5. The quantitative estimate of drug-likeness (QED) is 0.441. The molecule has 0 aliphatic carbocycles. The van der Waals surface area contributed by atoms with Gasteiger partial charge in [0.1, 0.15) is 5.75 Å². The van der Waals surface area contributed by atoms with Gasteiger partial charge >= 0.3 is 0 Å². The highest BCUT2D eigenvalue weighted by molar-refractivity contribution is 5.50. The van der Waals surface area contributed by atoms with Gasteiger partial charge in [0, 0.05) is 0 Å². The van der Waals surface area contributed by atoms with E-state index in [4.69, 9.17) is 0 Å². The van der Waals surface area contributed by atoms with Crippen molar-refractivity contribution in [3.63, 3.8) is 0 Å². The van der Waals surface area contributed by atoms with Crippen LogP contribution in [0.3, 0.4) is 0 Å². The van der Waals surface area contributed by atoms with E-state index in [9.17, 15) is 5.11 Å². The van der Waals surface area contributed by atoms with Crippen molar-refractivity contribution in [2.45, 2.75) is 64.7 Å². The van der Waals surface area contributed by atoms with Crippen molar-refractivity contribution >= 4 is 6.08 Å². The molecule has 0 aliphatic rings. The lowest BCUT2D eigenvalue weighted by molar-refractivity contribution is 0.469. The van der Waals surface area contributed by atoms with E-state index >= 15 is 0 Å². The average Bonchev–Trinajstić information content (AvgIpc) is 2.64. The lowest BCUT2D eigenvalue weighted by Gasteiger charge is -2.07. The molecule has 0 saturated carbocycles. The zero-order chi connectivity index (χ0) is 17.7. The number of hydrogen-bond donors (Lipinski definition) is 1. The summed E-state index contributed by atoms with van der Waals surface area (Å²) in [6, 6.07) is 16.4. The third kappa shape index (κ3) is 7.60. The number of hydrogen-bond acceptors (Lipinski definition) is 1. The normalized spacial score (nSPS) is 11.2. The topological polar surface area (TPSA) is 20.2 Å². The van der Waals surface area contributed by atoms with Crippen molar-refractivity contribution in [3.8, 4) is 5.75 Å². The molecule has 0 unspecified atom stereocenters. The Bertz CT molecular complexity index is 628. The van der Waals surface area contributed by atoms with Crippen LogP contribution in [-0.4, -0.2) is 5.11 Å². The molecule has 1 heteroatoms.